The first kappa shape index (κ1) is 17.0. The molecule has 124 valence electrons. The third kappa shape index (κ3) is 4.31. The molecule has 0 aliphatic carbocycles. The number of anilines is 1. The van der Waals surface area contributed by atoms with Gasteiger partial charge in [0.25, 0.3) is 5.91 Å². The molecule has 1 aromatic carbocycles. The summed E-state index contributed by atoms with van der Waals surface area (Å²) in [5.41, 5.74) is 2.73. The van der Waals surface area contributed by atoms with Crippen LogP contribution in [-0.2, 0) is 9.59 Å². The van der Waals surface area contributed by atoms with Crippen LogP contribution in [0.1, 0.15) is 31.4 Å². The molecule has 0 bridgehead atoms. The zero-order valence-corrected chi connectivity index (χ0v) is 14.0. The van der Waals surface area contributed by atoms with Crippen LogP contribution in [0.15, 0.2) is 18.2 Å². The van der Waals surface area contributed by atoms with Crippen LogP contribution in [0.25, 0.3) is 0 Å². The Morgan fingerprint density at radius 1 is 1.22 bits per heavy atom. The van der Waals surface area contributed by atoms with Crippen LogP contribution in [0.4, 0.5) is 10.5 Å². The first-order chi connectivity index (χ1) is 10.8. The average Bonchev–Trinajstić information content (AvgIpc) is 2.64. The molecule has 1 heterocycles. The summed E-state index contributed by atoms with van der Waals surface area (Å²) in [5, 5.41) is 5.36. The van der Waals surface area contributed by atoms with Gasteiger partial charge in [-0.05, 0) is 49.4 Å². The van der Waals surface area contributed by atoms with Crippen molar-refractivity contribution in [3.8, 4) is 0 Å². The van der Waals surface area contributed by atoms with Gasteiger partial charge in [0, 0.05) is 5.69 Å². The Balaban J connectivity index is 1.99. The first-order valence-corrected chi connectivity index (χ1v) is 7.76. The van der Waals surface area contributed by atoms with E-state index in [1.165, 1.54) is 0 Å². The summed E-state index contributed by atoms with van der Waals surface area (Å²) in [6.07, 6.45) is 0.569. The van der Waals surface area contributed by atoms with E-state index < -0.39 is 12.1 Å². The molecule has 2 rings (SSSR count). The van der Waals surface area contributed by atoms with Crippen LogP contribution in [-0.4, -0.2) is 35.3 Å². The highest BCUT2D eigenvalue weighted by Crippen LogP contribution is 2.16. The maximum absolute atomic E-state index is 12.2. The van der Waals surface area contributed by atoms with E-state index in [2.05, 4.69) is 10.6 Å². The Bertz CT molecular complexity index is 620. The molecule has 1 saturated heterocycles. The summed E-state index contributed by atoms with van der Waals surface area (Å²) in [6.45, 7) is 7.57. The zero-order valence-electron chi connectivity index (χ0n) is 14.0. The van der Waals surface area contributed by atoms with E-state index in [4.69, 9.17) is 0 Å². The molecule has 6 nitrogen and oxygen atoms in total. The number of hydrogen-bond donors (Lipinski definition) is 2. The third-order valence-corrected chi connectivity index (χ3v) is 3.62. The van der Waals surface area contributed by atoms with Crippen molar-refractivity contribution in [2.45, 2.75) is 40.2 Å². The molecule has 1 fully saturated rings. The van der Waals surface area contributed by atoms with E-state index in [9.17, 15) is 14.4 Å². The Kier molecular flexibility index (Phi) is 5.03. The summed E-state index contributed by atoms with van der Waals surface area (Å²) in [5.74, 6) is -0.434. The standard InChI is InChI=1S/C17H23N3O3/c1-10(2)5-14-16(22)20(17(23)19-14)9-15(21)18-13-7-11(3)6-12(4)8-13/h6-8,10,14H,5,9H2,1-4H3,(H,18,21)(H,19,23). The molecule has 0 radical (unpaired) electrons. The minimum Gasteiger partial charge on any atom is -0.326 e. The van der Waals surface area contributed by atoms with E-state index in [-0.39, 0.29) is 24.3 Å². The minimum absolute atomic E-state index is 0.272. The molecule has 23 heavy (non-hydrogen) atoms. The summed E-state index contributed by atoms with van der Waals surface area (Å²) in [4.78, 5) is 37.2. The molecule has 1 aliphatic rings. The average molecular weight is 317 g/mol. The highest BCUT2D eigenvalue weighted by molar-refractivity contribution is 6.07. The quantitative estimate of drug-likeness (QED) is 0.817. The summed E-state index contributed by atoms with van der Waals surface area (Å²) < 4.78 is 0. The fourth-order valence-electron chi connectivity index (χ4n) is 2.75. The van der Waals surface area contributed by atoms with E-state index in [0.717, 1.165) is 16.0 Å². The summed E-state index contributed by atoms with van der Waals surface area (Å²) in [7, 11) is 0. The number of nitrogens with one attached hydrogen (secondary N) is 2. The highest BCUT2D eigenvalue weighted by Gasteiger charge is 2.38. The normalized spacial score (nSPS) is 17.6. The molecular weight excluding hydrogens is 294 g/mol. The molecule has 0 spiro atoms. The van der Waals surface area contributed by atoms with Gasteiger partial charge in [-0.15, -0.1) is 0 Å². The lowest BCUT2D eigenvalue weighted by atomic mass is 10.0. The van der Waals surface area contributed by atoms with Crippen molar-refractivity contribution >= 4 is 23.5 Å². The van der Waals surface area contributed by atoms with E-state index in [1.807, 2.05) is 45.9 Å². The molecule has 0 saturated carbocycles. The number of carbonyl (C=O) groups excluding carboxylic acids is 3. The third-order valence-electron chi connectivity index (χ3n) is 3.62. The lowest BCUT2D eigenvalue weighted by Gasteiger charge is -2.14. The lowest BCUT2D eigenvalue weighted by molar-refractivity contribution is -0.131. The Morgan fingerprint density at radius 2 is 1.83 bits per heavy atom. The smallest absolute Gasteiger partial charge is 0.325 e. The minimum atomic E-state index is -0.531. The Morgan fingerprint density at radius 3 is 2.39 bits per heavy atom. The van der Waals surface area contributed by atoms with Crippen molar-refractivity contribution in [3.05, 3.63) is 29.3 Å². The molecular formula is C17H23N3O3. The van der Waals surface area contributed by atoms with Gasteiger partial charge in [0.15, 0.2) is 0 Å². The predicted octanol–water partition coefficient (Wildman–Crippen LogP) is 2.21. The topological polar surface area (TPSA) is 78.5 Å². The predicted molar refractivity (Wildman–Crippen MR) is 88.0 cm³/mol. The maximum Gasteiger partial charge on any atom is 0.325 e. The van der Waals surface area contributed by atoms with Crippen LogP contribution in [0.3, 0.4) is 0 Å². The van der Waals surface area contributed by atoms with E-state index in [1.54, 1.807) is 0 Å². The maximum atomic E-state index is 12.2. The fraction of sp³-hybridized carbons (Fsp3) is 0.471. The van der Waals surface area contributed by atoms with Crippen molar-refractivity contribution in [1.82, 2.24) is 10.2 Å². The molecule has 4 amide bonds. The fourth-order valence-corrected chi connectivity index (χ4v) is 2.75. The SMILES string of the molecule is Cc1cc(C)cc(NC(=O)CN2C(=O)NC(CC(C)C)C2=O)c1. The second-order valence-electron chi connectivity index (χ2n) is 6.48. The van der Waals surface area contributed by atoms with Crippen LogP contribution in [0, 0.1) is 19.8 Å². The molecule has 1 aliphatic heterocycles. The Hall–Kier alpha value is -2.37. The number of amides is 4. The van der Waals surface area contributed by atoms with Crippen LogP contribution in [0.5, 0.6) is 0 Å². The van der Waals surface area contributed by atoms with Crippen LogP contribution >= 0.6 is 0 Å². The van der Waals surface area contributed by atoms with Gasteiger partial charge in [0.05, 0.1) is 0 Å². The van der Waals surface area contributed by atoms with Gasteiger partial charge in [-0.25, -0.2) is 4.79 Å². The van der Waals surface area contributed by atoms with Crippen molar-refractivity contribution < 1.29 is 14.4 Å². The van der Waals surface area contributed by atoms with E-state index >= 15 is 0 Å². The summed E-state index contributed by atoms with van der Waals surface area (Å²) in [6, 6.07) is 4.66. The zero-order chi connectivity index (χ0) is 17.1. The molecule has 1 atom stereocenters. The van der Waals surface area contributed by atoms with Crippen molar-refractivity contribution in [3.63, 3.8) is 0 Å². The number of hydrogen-bond acceptors (Lipinski definition) is 3. The van der Waals surface area contributed by atoms with Gasteiger partial charge in [-0.1, -0.05) is 19.9 Å². The number of benzene rings is 1. The number of urea groups is 1. The summed E-state index contributed by atoms with van der Waals surface area (Å²) >= 11 is 0. The molecule has 1 aromatic rings. The van der Waals surface area contributed by atoms with Crippen LogP contribution in [0.2, 0.25) is 0 Å². The van der Waals surface area contributed by atoms with Gasteiger partial charge >= 0.3 is 6.03 Å². The van der Waals surface area contributed by atoms with Crippen molar-refractivity contribution in [1.29, 1.82) is 0 Å². The van der Waals surface area contributed by atoms with Crippen LogP contribution < -0.4 is 10.6 Å². The molecule has 2 N–H and O–H groups in total. The first-order valence-electron chi connectivity index (χ1n) is 7.76. The number of rotatable bonds is 5. The highest BCUT2D eigenvalue weighted by atomic mass is 16.2. The van der Waals surface area contributed by atoms with Gasteiger partial charge < -0.3 is 10.6 Å². The second kappa shape index (κ2) is 6.81. The number of aryl methyl sites for hydroxylation is 2. The number of nitrogens with zero attached hydrogens (tertiary/aromatic N) is 1. The van der Waals surface area contributed by atoms with Gasteiger partial charge in [-0.3, -0.25) is 14.5 Å². The van der Waals surface area contributed by atoms with Gasteiger partial charge in [0.1, 0.15) is 12.6 Å². The van der Waals surface area contributed by atoms with E-state index in [0.29, 0.717) is 12.1 Å². The lowest BCUT2D eigenvalue weighted by Crippen LogP contribution is -2.38. The van der Waals surface area contributed by atoms with Gasteiger partial charge in [0.2, 0.25) is 5.91 Å². The van der Waals surface area contributed by atoms with Crippen molar-refractivity contribution in [2.75, 3.05) is 11.9 Å². The Labute approximate surface area is 136 Å². The number of carbonyl (C=O) groups is 3. The molecule has 6 heteroatoms. The second-order valence-corrected chi connectivity index (χ2v) is 6.48. The molecule has 0 aromatic heterocycles. The monoisotopic (exact) mass is 317 g/mol. The molecule has 1 unspecified atom stereocenters. The van der Waals surface area contributed by atoms with Crippen molar-refractivity contribution in [2.24, 2.45) is 5.92 Å². The largest absolute Gasteiger partial charge is 0.326 e. The van der Waals surface area contributed by atoms with Gasteiger partial charge in [-0.2, -0.15) is 0 Å². The number of imide groups is 1.